The fourth-order valence-electron chi connectivity index (χ4n) is 1.63. The predicted octanol–water partition coefficient (Wildman–Crippen LogP) is 1.32. The molecular weight excluding hydrogens is 164 g/mol. The van der Waals surface area contributed by atoms with Gasteiger partial charge >= 0.3 is 0 Å². The SMILES string of the molecule is c1ccc2c(c1)OC[n+]1cc[nH]c1-2. The molecule has 0 fully saturated rings. The number of benzene rings is 1. The molecule has 1 aromatic heterocycles. The third-order valence-electron chi connectivity index (χ3n) is 2.26. The van der Waals surface area contributed by atoms with Gasteiger partial charge in [-0.2, -0.15) is 4.57 Å². The van der Waals surface area contributed by atoms with E-state index in [2.05, 4.69) is 11.1 Å². The monoisotopic (exact) mass is 173 g/mol. The summed E-state index contributed by atoms with van der Waals surface area (Å²) < 4.78 is 7.60. The van der Waals surface area contributed by atoms with Crippen molar-refractivity contribution >= 4 is 0 Å². The Morgan fingerprint density at radius 1 is 1.31 bits per heavy atom. The lowest BCUT2D eigenvalue weighted by Crippen LogP contribution is -2.39. The summed E-state index contributed by atoms with van der Waals surface area (Å²) in [5.74, 6) is 2.06. The summed E-state index contributed by atoms with van der Waals surface area (Å²) in [6.07, 6.45) is 3.89. The minimum absolute atomic E-state index is 0.593. The van der Waals surface area contributed by atoms with Gasteiger partial charge in [0.05, 0.1) is 0 Å². The molecule has 2 heterocycles. The molecular formula is C10H9N2O+. The minimum atomic E-state index is 0.593. The Labute approximate surface area is 75.6 Å². The van der Waals surface area contributed by atoms with Gasteiger partial charge in [-0.15, -0.1) is 0 Å². The van der Waals surface area contributed by atoms with Crippen molar-refractivity contribution in [3.05, 3.63) is 36.7 Å². The van der Waals surface area contributed by atoms with Crippen LogP contribution < -0.4 is 9.30 Å². The van der Waals surface area contributed by atoms with Crippen LogP contribution in [-0.2, 0) is 6.73 Å². The zero-order valence-corrected chi connectivity index (χ0v) is 7.03. The van der Waals surface area contributed by atoms with Crippen molar-refractivity contribution in [3.63, 3.8) is 0 Å². The number of hydrogen-bond donors (Lipinski definition) is 1. The molecule has 3 rings (SSSR count). The molecule has 0 radical (unpaired) electrons. The van der Waals surface area contributed by atoms with Gasteiger partial charge in [0.1, 0.15) is 23.7 Å². The Balaban J connectivity index is 2.30. The average molecular weight is 173 g/mol. The van der Waals surface area contributed by atoms with Gasteiger partial charge in [0.15, 0.2) is 0 Å². The molecule has 0 saturated carbocycles. The van der Waals surface area contributed by atoms with Crippen LogP contribution in [0.3, 0.4) is 0 Å². The molecule has 0 bridgehead atoms. The molecule has 0 saturated heterocycles. The molecule has 0 spiro atoms. The number of nitrogens with one attached hydrogen (secondary N) is 1. The van der Waals surface area contributed by atoms with Crippen molar-refractivity contribution < 1.29 is 9.30 Å². The zero-order chi connectivity index (χ0) is 8.67. The maximum Gasteiger partial charge on any atom is 0.293 e. The third-order valence-corrected chi connectivity index (χ3v) is 2.26. The number of rotatable bonds is 0. The summed E-state index contributed by atoms with van der Waals surface area (Å²) in [4.78, 5) is 3.20. The minimum Gasteiger partial charge on any atom is -0.453 e. The molecule has 0 amide bonds. The number of para-hydroxylation sites is 1. The lowest BCUT2D eigenvalue weighted by atomic mass is 10.2. The van der Waals surface area contributed by atoms with Gasteiger partial charge in [0.2, 0.25) is 6.73 Å². The van der Waals surface area contributed by atoms with Crippen molar-refractivity contribution in [2.24, 2.45) is 0 Å². The molecule has 1 N–H and O–H groups in total. The lowest BCUT2D eigenvalue weighted by Gasteiger charge is -2.13. The van der Waals surface area contributed by atoms with E-state index in [9.17, 15) is 0 Å². The molecule has 1 aromatic carbocycles. The van der Waals surface area contributed by atoms with Crippen LogP contribution in [0.15, 0.2) is 36.7 Å². The van der Waals surface area contributed by atoms with Crippen LogP contribution in [0.5, 0.6) is 5.75 Å². The van der Waals surface area contributed by atoms with E-state index in [0.29, 0.717) is 6.73 Å². The molecule has 1 aliphatic heterocycles. The molecule has 0 atom stereocenters. The molecule has 1 aliphatic rings. The molecule has 3 nitrogen and oxygen atoms in total. The van der Waals surface area contributed by atoms with Crippen LogP contribution in [0, 0.1) is 0 Å². The van der Waals surface area contributed by atoms with Crippen molar-refractivity contribution in [1.29, 1.82) is 0 Å². The first kappa shape index (κ1) is 6.71. The van der Waals surface area contributed by atoms with E-state index in [0.717, 1.165) is 17.1 Å². The number of aromatic nitrogens is 2. The maximum absolute atomic E-state index is 5.55. The Bertz CT molecular complexity index is 448. The van der Waals surface area contributed by atoms with Crippen LogP contribution in [0.4, 0.5) is 0 Å². The van der Waals surface area contributed by atoms with Crippen molar-refractivity contribution in [3.8, 4) is 17.1 Å². The van der Waals surface area contributed by atoms with Gasteiger partial charge in [-0.05, 0) is 12.1 Å². The number of hydrogen-bond acceptors (Lipinski definition) is 1. The smallest absolute Gasteiger partial charge is 0.293 e. The van der Waals surface area contributed by atoms with Crippen LogP contribution >= 0.6 is 0 Å². The van der Waals surface area contributed by atoms with Gasteiger partial charge in [-0.3, -0.25) is 0 Å². The molecule has 64 valence electrons. The summed E-state index contributed by atoms with van der Waals surface area (Å²) >= 11 is 0. The predicted molar refractivity (Wildman–Crippen MR) is 47.1 cm³/mol. The Morgan fingerprint density at radius 2 is 2.23 bits per heavy atom. The number of fused-ring (bicyclic) bond motifs is 3. The van der Waals surface area contributed by atoms with Gasteiger partial charge in [0, 0.05) is 0 Å². The fraction of sp³-hybridized carbons (Fsp3) is 0.100. The quantitative estimate of drug-likeness (QED) is 0.598. The second-order valence-electron chi connectivity index (χ2n) is 3.05. The Hall–Kier alpha value is -1.77. The topological polar surface area (TPSA) is 28.9 Å². The van der Waals surface area contributed by atoms with E-state index >= 15 is 0 Å². The molecule has 2 aromatic rings. The number of ether oxygens (including phenoxy) is 1. The molecule has 0 unspecified atom stereocenters. The van der Waals surface area contributed by atoms with Crippen LogP contribution in [-0.4, -0.2) is 4.98 Å². The van der Waals surface area contributed by atoms with Crippen LogP contribution in [0.1, 0.15) is 0 Å². The number of imidazole rings is 1. The first-order valence-electron chi connectivity index (χ1n) is 4.24. The number of H-pyrrole nitrogens is 1. The normalized spacial score (nSPS) is 12.9. The van der Waals surface area contributed by atoms with Gasteiger partial charge in [0.25, 0.3) is 5.82 Å². The summed E-state index contributed by atoms with van der Waals surface area (Å²) in [6, 6.07) is 8.03. The van der Waals surface area contributed by atoms with Crippen LogP contribution in [0.2, 0.25) is 0 Å². The highest BCUT2D eigenvalue weighted by atomic mass is 16.5. The molecule has 13 heavy (non-hydrogen) atoms. The third kappa shape index (κ3) is 0.869. The average Bonchev–Trinajstić information content (AvgIpc) is 2.65. The first-order valence-corrected chi connectivity index (χ1v) is 4.24. The van der Waals surface area contributed by atoms with E-state index in [1.807, 2.05) is 35.2 Å². The summed E-state index contributed by atoms with van der Waals surface area (Å²) in [7, 11) is 0. The van der Waals surface area contributed by atoms with Crippen molar-refractivity contribution in [1.82, 2.24) is 4.98 Å². The van der Waals surface area contributed by atoms with Gasteiger partial charge < -0.3 is 4.74 Å². The van der Waals surface area contributed by atoms with E-state index in [1.165, 1.54) is 0 Å². The number of nitrogens with zero attached hydrogens (tertiary/aromatic N) is 1. The van der Waals surface area contributed by atoms with E-state index in [4.69, 9.17) is 4.74 Å². The van der Waals surface area contributed by atoms with Crippen molar-refractivity contribution in [2.75, 3.05) is 0 Å². The Morgan fingerprint density at radius 3 is 3.23 bits per heavy atom. The second-order valence-corrected chi connectivity index (χ2v) is 3.05. The second kappa shape index (κ2) is 2.36. The van der Waals surface area contributed by atoms with Crippen LogP contribution in [0.25, 0.3) is 11.4 Å². The summed E-state index contributed by atoms with van der Waals surface area (Å²) in [6.45, 7) is 0.593. The first-order chi connectivity index (χ1) is 6.45. The largest absolute Gasteiger partial charge is 0.453 e. The highest BCUT2D eigenvalue weighted by Gasteiger charge is 2.22. The Kier molecular flexibility index (Phi) is 1.22. The van der Waals surface area contributed by atoms with E-state index in [-0.39, 0.29) is 0 Å². The molecule has 3 heteroatoms. The van der Waals surface area contributed by atoms with Gasteiger partial charge in [-0.1, -0.05) is 12.1 Å². The highest BCUT2D eigenvalue weighted by molar-refractivity contribution is 5.62. The van der Waals surface area contributed by atoms with Gasteiger partial charge in [-0.25, -0.2) is 4.98 Å². The fourth-order valence-corrected chi connectivity index (χ4v) is 1.63. The lowest BCUT2D eigenvalue weighted by molar-refractivity contribution is -0.716. The number of aromatic amines is 1. The molecule has 0 aliphatic carbocycles. The van der Waals surface area contributed by atoms with E-state index < -0.39 is 0 Å². The van der Waals surface area contributed by atoms with E-state index in [1.54, 1.807) is 0 Å². The summed E-state index contributed by atoms with van der Waals surface area (Å²) in [5, 5.41) is 0. The van der Waals surface area contributed by atoms with Crippen molar-refractivity contribution in [2.45, 2.75) is 6.73 Å². The summed E-state index contributed by atoms with van der Waals surface area (Å²) in [5.41, 5.74) is 1.12. The maximum atomic E-state index is 5.55. The highest BCUT2D eigenvalue weighted by Crippen LogP contribution is 2.28. The standard InChI is InChI=1S/C10H8N2O/c1-2-4-9-8(3-1)10-11-5-6-12(10)7-13-9/h1-6H,7H2/p+1. The zero-order valence-electron chi connectivity index (χ0n) is 7.03.